The predicted octanol–water partition coefficient (Wildman–Crippen LogP) is -0.0677. The molecule has 6 nitrogen and oxygen atoms in total. The SMILES string of the molecule is O=S(=O)(NCCNCC1(O)CCNC1)c1ccc(Cl)cc1. The van der Waals surface area contributed by atoms with Crippen molar-refractivity contribution >= 4 is 21.6 Å². The molecule has 0 amide bonds. The first-order valence-corrected chi connectivity index (χ1v) is 8.67. The monoisotopic (exact) mass is 333 g/mol. The Hall–Kier alpha value is -0.700. The molecule has 21 heavy (non-hydrogen) atoms. The van der Waals surface area contributed by atoms with E-state index in [0.717, 1.165) is 6.54 Å². The number of halogens is 1. The average Bonchev–Trinajstić information content (AvgIpc) is 2.86. The number of hydrogen-bond donors (Lipinski definition) is 4. The summed E-state index contributed by atoms with van der Waals surface area (Å²) >= 11 is 5.73. The van der Waals surface area contributed by atoms with Gasteiger partial charge in [-0.25, -0.2) is 13.1 Å². The molecule has 0 radical (unpaired) electrons. The topological polar surface area (TPSA) is 90.5 Å². The molecule has 0 aromatic heterocycles. The lowest BCUT2D eigenvalue weighted by Crippen LogP contribution is -2.44. The lowest BCUT2D eigenvalue weighted by atomic mass is 10.0. The highest BCUT2D eigenvalue weighted by Crippen LogP contribution is 2.14. The Morgan fingerprint density at radius 2 is 2.00 bits per heavy atom. The van der Waals surface area contributed by atoms with Crippen LogP contribution in [0.5, 0.6) is 0 Å². The maximum Gasteiger partial charge on any atom is 0.240 e. The molecular weight excluding hydrogens is 314 g/mol. The summed E-state index contributed by atoms with van der Waals surface area (Å²) in [7, 11) is -3.52. The molecule has 1 atom stereocenters. The number of benzene rings is 1. The minimum Gasteiger partial charge on any atom is -0.387 e. The van der Waals surface area contributed by atoms with Gasteiger partial charge in [0.05, 0.1) is 10.5 Å². The Labute approximate surface area is 129 Å². The summed E-state index contributed by atoms with van der Waals surface area (Å²) in [4.78, 5) is 0.186. The normalized spacial score (nSPS) is 22.6. The highest BCUT2D eigenvalue weighted by atomic mass is 35.5. The lowest BCUT2D eigenvalue weighted by molar-refractivity contribution is 0.0616. The fourth-order valence-electron chi connectivity index (χ4n) is 2.17. The molecule has 1 aromatic carbocycles. The maximum atomic E-state index is 12.0. The fourth-order valence-corrected chi connectivity index (χ4v) is 3.33. The second kappa shape index (κ2) is 7.04. The number of sulfonamides is 1. The summed E-state index contributed by atoms with van der Waals surface area (Å²) in [5.74, 6) is 0. The van der Waals surface area contributed by atoms with E-state index in [-0.39, 0.29) is 11.4 Å². The quantitative estimate of drug-likeness (QED) is 0.525. The third-order valence-corrected chi connectivity index (χ3v) is 5.12. The van der Waals surface area contributed by atoms with Crippen molar-refractivity contribution in [2.24, 2.45) is 0 Å². The molecule has 1 fully saturated rings. The van der Waals surface area contributed by atoms with Crippen LogP contribution < -0.4 is 15.4 Å². The number of aliphatic hydroxyl groups is 1. The second-order valence-corrected chi connectivity index (χ2v) is 7.38. The van der Waals surface area contributed by atoms with Gasteiger partial charge in [0, 0.05) is 31.2 Å². The Morgan fingerprint density at radius 1 is 1.29 bits per heavy atom. The average molecular weight is 334 g/mol. The van der Waals surface area contributed by atoms with E-state index in [1.54, 1.807) is 0 Å². The molecule has 0 aliphatic carbocycles. The van der Waals surface area contributed by atoms with Crippen LogP contribution in [-0.2, 0) is 10.0 Å². The molecule has 1 saturated heterocycles. The van der Waals surface area contributed by atoms with E-state index in [1.165, 1.54) is 24.3 Å². The predicted molar refractivity (Wildman–Crippen MR) is 81.9 cm³/mol. The van der Waals surface area contributed by atoms with Crippen LogP contribution in [0.4, 0.5) is 0 Å². The van der Waals surface area contributed by atoms with Crippen molar-refractivity contribution in [1.29, 1.82) is 0 Å². The molecule has 1 aliphatic rings. The van der Waals surface area contributed by atoms with Gasteiger partial charge in [-0.15, -0.1) is 0 Å². The molecule has 0 spiro atoms. The van der Waals surface area contributed by atoms with Crippen molar-refractivity contribution in [3.05, 3.63) is 29.3 Å². The Bertz CT molecular complexity index is 557. The van der Waals surface area contributed by atoms with Gasteiger partial charge in [-0.3, -0.25) is 0 Å². The minimum atomic E-state index is -3.52. The molecule has 0 bridgehead atoms. The van der Waals surface area contributed by atoms with E-state index in [2.05, 4.69) is 15.4 Å². The van der Waals surface area contributed by atoms with Gasteiger partial charge in [-0.2, -0.15) is 0 Å². The number of hydrogen-bond acceptors (Lipinski definition) is 5. The molecule has 1 heterocycles. The highest BCUT2D eigenvalue weighted by Gasteiger charge is 2.30. The second-order valence-electron chi connectivity index (χ2n) is 5.18. The summed E-state index contributed by atoms with van der Waals surface area (Å²) in [6.07, 6.45) is 0.705. The molecule has 0 saturated carbocycles. The third-order valence-electron chi connectivity index (χ3n) is 3.39. The van der Waals surface area contributed by atoms with Crippen molar-refractivity contribution in [1.82, 2.24) is 15.4 Å². The molecule has 1 aliphatic heterocycles. The zero-order chi connectivity index (χ0) is 15.3. The van der Waals surface area contributed by atoms with E-state index in [4.69, 9.17) is 11.6 Å². The van der Waals surface area contributed by atoms with Crippen LogP contribution in [0, 0.1) is 0 Å². The first kappa shape index (κ1) is 16.7. The lowest BCUT2D eigenvalue weighted by Gasteiger charge is -2.21. The molecule has 2 rings (SSSR count). The molecule has 8 heteroatoms. The van der Waals surface area contributed by atoms with Gasteiger partial charge < -0.3 is 15.7 Å². The Balaban J connectivity index is 1.73. The zero-order valence-corrected chi connectivity index (χ0v) is 13.2. The smallest absolute Gasteiger partial charge is 0.240 e. The standard InChI is InChI=1S/C13H20ClN3O3S/c14-11-1-3-12(4-2-11)21(19,20)17-8-7-16-10-13(18)5-6-15-9-13/h1-4,15-18H,5-10H2. The Morgan fingerprint density at radius 3 is 2.62 bits per heavy atom. The van der Waals surface area contributed by atoms with Gasteiger partial charge in [0.15, 0.2) is 0 Å². The first-order chi connectivity index (χ1) is 9.91. The van der Waals surface area contributed by atoms with Crippen LogP contribution in [0.15, 0.2) is 29.2 Å². The van der Waals surface area contributed by atoms with Crippen LogP contribution in [0.2, 0.25) is 5.02 Å². The van der Waals surface area contributed by atoms with Crippen molar-refractivity contribution in [2.75, 3.05) is 32.7 Å². The largest absolute Gasteiger partial charge is 0.387 e. The third kappa shape index (κ3) is 4.91. The van der Waals surface area contributed by atoms with Crippen molar-refractivity contribution in [3.63, 3.8) is 0 Å². The molecule has 4 N–H and O–H groups in total. The van der Waals surface area contributed by atoms with Gasteiger partial charge >= 0.3 is 0 Å². The number of β-amino-alcohol motifs (C(OH)–C–C–N with tert-alkyl or cyclic N) is 1. The summed E-state index contributed by atoms with van der Waals surface area (Å²) in [5, 5.41) is 16.7. The molecule has 118 valence electrons. The molecule has 1 aromatic rings. The van der Waals surface area contributed by atoms with E-state index in [9.17, 15) is 13.5 Å². The van der Waals surface area contributed by atoms with Crippen molar-refractivity contribution < 1.29 is 13.5 Å². The maximum absolute atomic E-state index is 12.0. The minimum absolute atomic E-state index is 0.186. The van der Waals surface area contributed by atoms with Crippen LogP contribution in [-0.4, -0.2) is 51.8 Å². The summed E-state index contributed by atoms with van der Waals surface area (Å²) in [5.41, 5.74) is -0.727. The summed E-state index contributed by atoms with van der Waals surface area (Å²) in [6.45, 7) is 2.53. The van der Waals surface area contributed by atoms with E-state index < -0.39 is 15.6 Å². The van der Waals surface area contributed by atoms with E-state index >= 15 is 0 Å². The number of nitrogens with one attached hydrogen (secondary N) is 3. The van der Waals surface area contributed by atoms with Crippen LogP contribution in [0.1, 0.15) is 6.42 Å². The van der Waals surface area contributed by atoms with Crippen molar-refractivity contribution in [3.8, 4) is 0 Å². The summed E-state index contributed by atoms with van der Waals surface area (Å²) in [6, 6.07) is 6.00. The number of rotatable bonds is 7. The van der Waals surface area contributed by atoms with Gasteiger partial charge in [0.25, 0.3) is 0 Å². The van der Waals surface area contributed by atoms with Gasteiger partial charge in [0.1, 0.15) is 0 Å². The van der Waals surface area contributed by atoms with Gasteiger partial charge in [-0.1, -0.05) is 11.6 Å². The highest BCUT2D eigenvalue weighted by molar-refractivity contribution is 7.89. The van der Waals surface area contributed by atoms with Gasteiger partial charge in [-0.05, 0) is 37.2 Å². The Kier molecular flexibility index (Phi) is 5.59. The van der Waals surface area contributed by atoms with Crippen LogP contribution >= 0.6 is 11.6 Å². The van der Waals surface area contributed by atoms with Crippen LogP contribution in [0.25, 0.3) is 0 Å². The molecular formula is C13H20ClN3O3S. The summed E-state index contributed by atoms with van der Waals surface area (Å²) < 4.78 is 26.5. The van der Waals surface area contributed by atoms with Crippen LogP contribution in [0.3, 0.4) is 0 Å². The zero-order valence-electron chi connectivity index (χ0n) is 11.6. The van der Waals surface area contributed by atoms with E-state index in [0.29, 0.717) is 31.1 Å². The van der Waals surface area contributed by atoms with E-state index in [1.807, 2.05) is 0 Å². The first-order valence-electron chi connectivity index (χ1n) is 6.80. The van der Waals surface area contributed by atoms with Gasteiger partial charge in [0.2, 0.25) is 10.0 Å². The fraction of sp³-hybridized carbons (Fsp3) is 0.538. The van der Waals surface area contributed by atoms with Crippen molar-refractivity contribution in [2.45, 2.75) is 16.9 Å². The molecule has 1 unspecified atom stereocenters.